The van der Waals surface area contributed by atoms with Crippen molar-refractivity contribution >= 4 is 11.8 Å². The van der Waals surface area contributed by atoms with Crippen LogP contribution >= 0.6 is 11.8 Å². The van der Waals surface area contributed by atoms with Gasteiger partial charge in [0, 0.05) is 11.3 Å². The zero-order valence-electron chi connectivity index (χ0n) is 11.0. The first-order valence-electron chi connectivity index (χ1n) is 6.34. The highest BCUT2D eigenvalue weighted by Gasteiger charge is 2.32. The van der Waals surface area contributed by atoms with Crippen LogP contribution in [0.5, 0.6) is 0 Å². The molecular formula is C13H22N2OS. The molecule has 1 heterocycles. The average Bonchev–Trinajstić information content (AvgIpc) is 2.89. The second-order valence-corrected chi connectivity index (χ2v) is 6.22. The van der Waals surface area contributed by atoms with E-state index in [4.69, 9.17) is 4.42 Å². The lowest BCUT2D eigenvalue weighted by Crippen LogP contribution is -2.34. The van der Waals surface area contributed by atoms with Crippen LogP contribution in [0, 0.1) is 13.8 Å². The summed E-state index contributed by atoms with van der Waals surface area (Å²) in [5.74, 6) is 1.75. The molecule has 17 heavy (non-hydrogen) atoms. The van der Waals surface area contributed by atoms with E-state index in [1.807, 2.05) is 25.6 Å². The Kier molecular flexibility index (Phi) is 4.15. The molecular weight excluding hydrogens is 232 g/mol. The Balaban J connectivity index is 1.82. The van der Waals surface area contributed by atoms with Gasteiger partial charge in [-0.05, 0) is 32.9 Å². The van der Waals surface area contributed by atoms with Crippen molar-refractivity contribution in [2.45, 2.75) is 50.8 Å². The van der Waals surface area contributed by atoms with Crippen LogP contribution < -0.4 is 5.32 Å². The van der Waals surface area contributed by atoms with E-state index >= 15 is 0 Å². The molecule has 4 heteroatoms. The molecule has 1 saturated carbocycles. The standard InChI is InChI=1S/C13H22N2OS/c1-10-11(2)16-12(15-10)8-14-9-13(17-3)6-4-5-7-13/h14H,4-9H2,1-3H3. The predicted molar refractivity (Wildman–Crippen MR) is 72.4 cm³/mol. The van der Waals surface area contributed by atoms with Crippen LogP contribution in [0.2, 0.25) is 0 Å². The van der Waals surface area contributed by atoms with E-state index in [9.17, 15) is 0 Å². The third-order valence-corrected chi connectivity index (χ3v) is 5.16. The molecule has 0 amide bonds. The SMILES string of the molecule is CSC1(CNCc2nc(C)c(C)o2)CCCC1. The third-order valence-electron chi connectivity index (χ3n) is 3.74. The first-order chi connectivity index (χ1) is 8.15. The largest absolute Gasteiger partial charge is 0.444 e. The first kappa shape index (κ1) is 13.0. The molecule has 3 nitrogen and oxygen atoms in total. The van der Waals surface area contributed by atoms with Crippen LogP contribution in [0.15, 0.2) is 4.42 Å². The molecule has 2 rings (SSSR count). The van der Waals surface area contributed by atoms with Gasteiger partial charge < -0.3 is 9.73 Å². The Morgan fingerprint density at radius 3 is 2.59 bits per heavy atom. The molecule has 0 saturated heterocycles. The Labute approximate surface area is 108 Å². The number of oxazole rings is 1. The van der Waals surface area contributed by atoms with Crippen LogP contribution in [0.1, 0.15) is 43.0 Å². The maximum Gasteiger partial charge on any atom is 0.208 e. The van der Waals surface area contributed by atoms with Crippen LogP contribution in [0.3, 0.4) is 0 Å². The van der Waals surface area contributed by atoms with Crippen molar-refractivity contribution < 1.29 is 4.42 Å². The van der Waals surface area contributed by atoms with Gasteiger partial charge in [-0.3, -0.25) is 0 Å². The summed E-state index contributed by atoms with van der Waals surface area (Å²) in [6.07, 6.45) is 7.65. The topological polar surface area (TPSA) is 38.1 Å². The normalized spacial score (nSPS) is 18.8. The van der Waals surface area contributed by atoms with Crippen molar-refractivity contribution in [3.63, 3.8) is 0 Å². The van der Waals surface area contributed by atoms with Crippen LogP contribution in [0.25, 0.3) is 0 Å². The lowest BCUT2D eigenvalue weighted by molar-refractivity contribution is 0.435. The van der Waals surface area contributed by atoms with Crippen LogP contribution in [-0.2, 0) is 6.54 Å². The van der Waals surface area contributed by atoms with Crippen LogP contribution in [-0.4, -0.2) is 22.5 Å². The maximum absolute atomic E-state index is 5.57. The number of nitrogens with one attached hydrogen (secondary N) is 1. The van der Waals surface area contributed by atoms with Gasteiger partial charge in [-0.1, -0.05) is 12.8 Å². The number of aryl methyl sites for hydroxylation is 2. The number of aromatic nitrogens is 1. The van der Waals surface area contributed by atoms with Crippen molar-refractivity contribution in [1.29, 1.82) is 0 Å². The maximum atomic E-state index is 5.57. The third kappa shape index (κ3) is 3.05. The Bertz CT molecular complexity index is 350. The summed E-state index contributed by atoms with van der Waals surface area (Å²) in [6.45, 7) is 5.76. The molecule has 96 valence electrons. The number of rotatable bonds is 5. The van der Waals surface area contributed by atoms with Gasteiger partial charge >= 0.3 is 0 Å². The Hall–Kier alpha value is -0.480. The predicted octanol–water partition coefficient (Wildman–Crippen LogP) is 3.06. The summed E-state index contributed by atoms with van der Waals surface area (Å²) in [5.41, 5.74) is 1.00. The molecule has 0 bridgehead atoms. The van der Waals surface area contributed by atoms with Crippen LogP contribution in [0.4, 0.5) is 0 Å². The quantitative estimate of drug-likeness (QED) is 0.876. The lowest BCUT2D eigenvalue weighted by Gasteiger charge is -2.26. The van der Waals surface area contributed by atoms with Gasteiger partial charge in [0.05, 0.1) is 12.2 Å². The van der Waals surface area contributed by atoms with Gasteiger partial charge in [0.2, 0.25) is 5.89 Å². The van der Waals surface area contributed by atoms with E-state index in [1.54, 1.807) is 0 Å². The number of thioether (sulfide) groups is 1. The van der Waals surface area contributed by atoms with Gasteiger partial charge in [0.15, 0.2) is 0 Å². The van der Waals surface area contributed by atoms with Gasteiger partial charge in [-0.15, -0.1) is 0 Å². The summed E-state index contributed by atoms with van der Waals surface area (Å²) in [4.78, 5) is 4.39. The molecule has 1 aliphatic carbocycles. The highest BCUT2D eigenvalue weighted by atomic mass is 32.2. The number of nitrogens with zero attached hydrogens (tertiary/aromatic N) is 1. The molecule has 0 radical (unpaired) electrons. The van der Waals surface area contributed by atoms with Gasteiger partial charge in [-0.2, -0.15) is 11.8 Å². The fourth-order valence-electron chi connectivity index (χ4n) is 2.48. The first-order valence-corrected chi connectivity index (χ1v) is 7.56. The van der Waals surface area contributed by atoms with Crippen molar-refractivity contribution in [3.8, 4) is 0 Å². The minimum atomic E-state index is 0.455. The van der Waals surface area contributed by atoms with E-state index in [0.717, 1.165) is 30.4 Å². The molecule has 0 spiro atoms. The molecule has 1 N–H and O–H groups in total. The molecule has 0 unspecified atom stereocenters. The Morgan fingerprint density at radius 2 is 2.06 bits per heavy atom. The summed E-state index contributed by atoms with van der Waals surface area (Å²) < 4.78 is 6.02. The van der Waals surface area contributed by atoms with Gasteiger partial charge in [0.1, 0.15) is 5.76 Å². The molecule has 1 aromatic rings. The molecule has 1 fully saturated rings. The molecule has 0 aromatic carbocycles. The highest BCUT2D eigenvalue weighted by molar-refractivity contribution is 8.00. The fourth-order valence-corrected chi connectivity index (χ4v) is 3.43. The van der Waals surface area contributed by atoms with Crippen molar-refractivity contribution in [2.75, 3.05) is 12.8 Å². The summed E-state index contributed by atoms with van der Waals surface area (Å²) in [6, 6.07) is 0. The minimum absolute atomic E-state index is 0.455. The van der Waals surface area contributed by atoms with Crippen molar-refractivity contribution in [1.82, 2.24) is 10.3 Å². The zero-order valence-corrected chi connectivity index (χ0v) is 11.8. The van der Waals surface area contributed by atoms with E-state index in [0.29, 0.717) is 4.75 Å². The summed E-state index contributed by atoms with van der Waals surface area (Å²) in [7, 11) is 0. The van der Waals surface area contributed by atoms with Crippen molar-refractivity contribution in [3.05, 3.63) is 17.3 Å². The van der Waals surface area contributed by atoms with Crippen molar-refractivity contribution in [2.24, 2.45) is 0 Å². The van der Waals surface area contributed by atoms with Gasteiger partial charge in [-0.25, -0.2) is 4.98 Å². The van der Waals surface area contributed by atoms with E-state index in [1.165, 1.54) is 25.7 Å². The second kappa shape index (κ2) is 5.44. The Morgan fingerprint density at radius 1 is 1.35 bits per heavy atom. The highest BCUT2D eigenvalue weighted by Crippen LogP contribution is 2.39. The molecule has 1 aromatic heterocycles. The number of hydrogen-bond donors (Lipinski definition) is 1. The van der Waals surface area contributed by atoms with E-state index < -0.39 is 0 Å². The lowest BCUT2D eigenvalue weighted by atomic mass is 10.1. The average molecular weight is 254 g/mol. The zero-order chi connectivity index (χ0) is 12.3. The number of hydrogen-bond acceptors (Lipinski definition) is 4. The smallest absolute Gasteiger partial charge is 0.208 e. The molecule has 0 atom stereocenters. The minimum Gasteiger partial charge on any atom is -0.444 e. The second-order valence-electron chi connectivity index (χ2n) is 4.95. The summed E-state index contributed by atoms with van der Waals surface area (Å²) >= 11 is 2.01. The van der Waals surface area contributed by atoms with E-state index in [2.05, 4.69) is 16.6 Å². The van der Waals surface area contributed by atoms with Gasteiger partial charge in [0.25, 0.3) is 0 Å². The molecule has 1 aliphatic rings. The van der Waals surface area contributed by atoms with E-state index in [-0.39, 0.29) is 0 Å². The molecule has 0 aliphatic heterocycles. The fraction of sp³-hybridized carbons (Fsp3) is 0.769. The summed E-state index contributed by atoms with van der Waals surface area (Å²) in [5, 5.41) is 3.50. The monoisotopic (exact) mass is 254 g/mol.